The molecule has 4 atom stereocenters. The number of nitrogens with zero attached hydrogens (tertiary/aromatic N) is 2. The third kappa shape index (κ3) is 5.58. The Morgan fingerprint density at radius 2 is 1.84 bits per heavy atom. The highest BCUT2D eigenvalue weighted by Gasteiger charge is 2.56. The molecule has 1 aromatic rings. The molecule has 1 fully saturated rings. The smallest absolute Gasteiger partial charge is 0.315 e. The second-order valence-electron chi connectivity index (χ2n) is 11.2. The van der Waals surface area contributed by atoms with E-state index in [1.54, 1.807) is 45.0 Å². The SMILES string of the molecule is CC(C)C[C@H](NC(=O)[C@@H](NC(=O)C(F)F)C(C)(C)C)C(=O)N1C[C@]2(C[C@H]1C#N)C(=O)Nc1ccccc12. The van der Waals surface area contributed by atoms with Crippen LogP contribution in [0.25, 0.3) is 0 Å². The van der Waals surface area contributed by atoms with E-state index < -0.39 is 53.1 Å². The zero-order valence-electron chi connectivity index (χ0n) is 21.6. The van der Waals surface area contributed by atoms with E-state index in [4.69, 9.17) is 0 Å². The molecular formula is C26H33F2N5O4. The zero-order valence-corrected chi connectivity index (χ0v) is 21.6. The number of likely N-dealkylation sites (tertiary alicyclic amines) is 1. The normalized spacial score (nSPS) is 22.4. The van der Waals surface area contributed by atoms with Crippen LogP contribution in [0.1, 0.15) is 53.0 Å². The van der Waals surface area contributed by atoms with E-state index >= 15 is 0 Å². The van der Waals surface area contributed by atoms with Gasteiger partial charge >= 0.3 is 6.43 Å². The fourth-order valence-electron chi connectivity index (χ4n) is 5.01. The Bertz CT molecular complexity index is 1130. The molecule has 0 aromatic heterocycles. The van der Waals surface area contributed by atoms with Gasteiger partial charge in [0.1, 0.15) is 18.1 Å². The van der Waals surface area contributed by atoms with E-state index in [0.717, 1.165) is 0 Å². The molecule has 1 aromatic carbocycles. The Balaban J connectivity index is 1.89. The number of hydrogen-bond donors (Lipinski definition) is 3. The molecule has 1 spiro atoms. The summed E-state index contributed by atoms with van der Waals surface area (Å²) in [6.45, 7) is 8.47. The van der Waals surface area contributed by atoms with Gasteiger partial charge in [0.15, 0.2) is 0 Å². The quantitative estimate of drug-likeness (QED) is 0.511. The van der Waals surface area contributed by atoms with E-state index in [0.29, 0.717) is 11.3 Å². The number of benzene rings is 1. The molecule has 2 aliphatic heterocycles. The minimum absolute atomic E-state index is 0.0395. The van der Waals surface area contributed by atoms with Crippen molar-refractivity contribution in [3.63, 3.8) is 0 Å². The molecule has 0 unspecified atom stereocenters. The van der Waals surface area contributed by atoms with E-state index in [1.807, 2.05) is 13.8 Å². The molecular weight excluding hydrogens is 484 g/mol. The Kier molecular flexibility index (Phi) is 7.91. The largest absolute Gasteiger partial charge is 0.342 e. The van der Waals surface area contributed by atoms with Crippen molar-refractivity contribution in [2.75, 3.05) is 11.9 Å². The van der Waals surface area contributed by atoms with Crippen molar-refractivity contribution in [2.24, 2.45) is 11.3 Å². The molecule has 0 saturated carbocycles. The molecule has 0 aliphatic carbocycles. The van der Waals surface area contributed by atoms with Gasteiger partial charge in [-0.2, -0.15) is 14.0 Å². The predicted octanol–water partition coefficient (Wildman–Crippen LogP) is 2.33. The van der Waals surface area contributed by atoms with Crippen molar-refractivity contribution < 1.29 is 28.0 Å². The van der Waals surface area contributed by atoms with Crippen LogP contribution in [0.3, 0.4) is 0 Å². The highest BCUT2D eigenvalue weighted by atomic mass is 19.3. The summed E-state index contributed by atoms with van der Waals surface area (Å²) in [5.41, 5.74) is -0.674. The molecule has 37 heavy (non-hydrogen) atoms. The summed E-state index contributed by atoms with van der Waals surface area (Å²) in [4.78, 5) is 53.0. The second kappa shape index (κ2) is 10.4. The third-order valence-electron chi connectivity index (χ3n) is 6.85. The van der Waals surface area contributed by atoms with Gasteiger partial charge in [-0.05, 0) is 29.4 Å². The molecule has 0 radical (unpaired) electrons. The van der Waals surface area contributed by atoms with Gasteiger partial charge in [0.25, 0.3) is 5.91 Å². The van der Waals surface area contributed by atoms with Gasteiger partial charge in [-0.1, -0.05) is 52.8 Å². The fraction of sp³-hybridized carbons (Fsp3) is 0.577. The number of para-hydroxylation sites is 1. The number of nitrogens with one attached hydrogen (secondary N) is 3. The lowest BCUT2D eigenvalue weighted by molar-refractivity contribution is -0.140. The van der Waals surface area contributed by atoms with Gasteiger partial charge in [0.2, 0.25) is 17.7 Å². The summed E-state index contributed by atoms with van der Waals surface area (Å²) in [5.74, 6) is -3.26. The van der Waals surface area contributed by atoms with Crippen LogP contribution in [0, 0.1) is 22.7 Å². The lowest BCUT2D eigenvalue weighted by Crippen LogP contribution is -2.59. The Labute approximate surface area is 214 Å². The highest BCUT2D eigenvalue weighted by molar-refractivity contribution is 6.07. The molecule has 200 valence electrons. The van der Waals surface area contributed by atoms with Gasteiger partial charge in [-0.3, -0.25) is 19.2 Å². The summed E-state index contributed by atoms with van der Waals surface area (Å²) < 4.78 is 25.8. The number of amides is 4. The summed E-state index contributed by atoms with van der Waals surface area (Å²) in [6, 6.07) is 5.91. The maximum atomic E-state index is 13.8. The minimum Gasteiger partial charge on any atom is -0.342 e. The summed E-state index contributed by atoms with van der Waals surface area (Å²) in [6.07, 6.45) is -2.99. The van der Waals surface area contributed by atoms with E-state index in [1.165, 1.54) is 4.90 Å². The van der Waals surface area contributed by atoms with Gasteiger partial charge in [0.05, 0.1) is 11.5 Å². The van der Waals surface area contributed by atoms with E-state index in [2.05, 4.69) is 22.0 Å². The number of alkyl halides is 2. The standard InChI is InChI=1S/C26H33F2N5O4/c1-14(2)10-18(30-21(34)19(25(3,4)5)32-22(35)20(27)28)23(36)33-13-26(11-15(33)12-29)16-8-6-7-9-17(16)31-24(26)37/h6-9,14-15,18-20H,10-11,13H2,1-5H3,(H,30,34)(H,31,37)(H,32,35)/t15-,18-,19+,26-/m0/s1. The average Bonchev–Trinajstić information content (AvgIpc) is 3.33. The first-order valence-electron chi connectivity index (χ1n) is 12.2. The first kappa shape index (κ1) is 28.0. The van der Waals surface area contributed by atoms with Crippen LogP contribution in [-0.2, 0) is 24.6 Å². The van der Waals surface area contributed by atoms with Crippen LogP contribution in [0.4, 0.5) is 14.5 Å². The number of rotatable bonds is 7. The summed E-state index contributed by atoms with van der Waals surface area (Å²) in [5, 5.41) is 17.4. The molecule has 11 heteroatoms. The van der Waals surface area contributed by atoms with Crippen LogP contribution in [0.5, 0.6) is 0 Å². The fourth-order valence-corrected chi connectivity index (χ4v) is 5.01. The van der Waals surface area contributed by atoms with Crippen molar-refractivity contribution in [3.05, 3.63) is 29.8 Å². The van der Waals surface area contributed by atoms with Crippen molar-refractivity contribution in [1.29, 1.82) is 5.26 Å². The molecule has 3 rings (SSSR count). The van der Waals surface area contributed by atoms with Gasteiger partial charge < -0.3 is 20.9 Å². The van der Waals surface area contributed by atoms with Crippen molar-refractivity contribution >= 4 is 29.3 Å². The Morgan fingerprint density at radius 1 is 1.19 bits per heavy atom. The summed E-state index contributed by atoms with van der Waals surface area (Å²) in [7, 11) is 0. The van der Waals surface area contributed by atoms with Crippen LogP contribution in [0.15, 0.2) is 24.3 Å². The molecule has 3 N–H and O–H groups in total. The maximum Gasteiger partial charge on any atom is 0.315 e. The Morgan fingerprint density at radius 3 is 2.41 bits per heavy atom. The summed E-state index contributed by atoms with van der Waals surface area (Å²) >= 11 is 0. The highest BCUT2D eigenvalue weighted by Crippen LogP contribution is 2.46. The Hall–Kier alpha value is -3.55. The molecule has 0 bridgehead atoms. The first-order valence-corrected chi connectivity index (χ1v) is 12.2. The zero-order chi connectivity index (χ0) is 27.7. The topological polar surface area (TPSA) is 131 Å². The molecule has 1 saturated heterocycles. The van der Waals surface area contributed by atoms with E-state index in [9.17, 15) is 33.2 Å². The molecule has 2 heterocycles. The number of carbonyl (C=O) groups is 4. The number of anilines is 1. The molecule has 4 amide bonds. The van der Waals surface area contributed by atoms with Crippen molar-refractivity contribution in [2.45, 2.75) is 77.4 Å². The van der Waals surface area contributed by atoms with Gasteiger partial charge in [0, 0.05) is 18.7 Å². The van der Waals surface area contributed by atoms with Crippen molar-refractivity contribution in [3.8, 4) is 6.07 Å². The van der Waals surface area contributed by atoms with Crippen LogP contribution in [-0.4, -0.2) is 59.6 Å². The third-order valence-corrected chi connectivity index (χ3v) is 6.85. The lowest BCUT2D eigenvalue weighted by Gasteiger charge is -2.33. The predicted molar refractivity (Wildman–Crippen MR) is 131 cm³/mol. The number of nitriles is 1. The minimum atomic E-state index is -3.30. The van der Waals surface area contributed by atoms with Crippen LogP contribution >= 0.6 is 0 Å². The molecule has 2 aliphatic rings. The van der Waals surface area contributed by atoms with E-state index in [-0.39, 0.29) is 31.2 Å². The van der Waals surface area contributed by atoms with Crippen LogP contribution < -0.4 is 16.0 Å². The number of fused-ring (bicyclic) bond motifs is 2. The lowest BCUT2D eigenvalue weighted by atomic mass is 9.80. The second-order valence-corrected chi connectivity index (χ2v) is 11.2. The number of halogens is 2. The first-order chi connectivity index (χ1) is 17.2. The monoisotopic (exact) mass is 517 g/mol. The van der Waals surface area contributed by atoms with Gasteiger partial charge in [-0.15, -0.1) is 0 Å². The molecule has 9 nitrogen and oxygen atoms in total. The van der Waals surface area contributed by atoms with Gasteiger partial charge in [-0.25, -0.2) is 0 Å². The number of hydrogen-bond acceptors (Lipinski definition) is 5. The number of carbonyl (C=O) groups excluding carboxylic acids is 4. The average molecular weight is 518 g/mol. The maximum absolute atomic E-state index is 13.8. The van der Waals surface area contributed by atoms with Crippen LogP contribution in [0.2, 0.25) is 0 Å². The van der Waals surface area contributed by atoms with Crippen molar-refractivity contribution in [1.82, 2.24) is 15.5 Å².